The minimum absolute atomic E-state index is 0.0523. The van der Waals surface area contributed by atoms with Gasteiger partial charge < -0.3 is 29.3 Å². The van der Waals surface area contributed by atoms with E-state index in [2.05, 4.69) is 5.32 Å². The summed E-state index contributed by atoms with van der Waals surface area (Å²) in [5.41, 5.74) is 0.801. The van der Waals surface area contributed by atoms with Crippen LogP contribution in [0.15, 0.2) is 48.5 Å². The molecule has 7 heteroatoms. The largest absolute Gasteiger partial charge is 0.497 e. The lowest BCUT2D eigenvalue weighted by atomic mass is 10.3. The highest BCUT2D eigenvalue weighted by Crippen LogP contribution is 2.16. The van der Waals surface area contributed by atoms with Gasteiger partial charge in [0.2, 0.25) is 0 Å². The number of piperazine rings is 1. The van der Waals surface area contributed by atoms with Crippen molar-refractivity contribution < 1.29 is 28.8 Å². The van der Waals surface area contributed by atoms with Crippen molar-refractivity contribution >= 4 is 11.6 Å². The summed E-state index contributed by atoms with van der Waals surface area (Å²) >= 11 is 0. The van der Waals surface area contributed by atoms with Crippen LogP contribution >= 0.6 is 0 Å². The Morgan fingerprint density at radius 3 is 1.93 bits per heavy atom. The molecule has 1 amide bonds. The fourth-order valence-electron chi connectivity index (χ4n) is 3.48. The summed E-state index contributed by atoms with van der Waals surface area (Å²) in [6.45, 7) is 6.25. The number of carbonyl (C=O) groups excluding carboxylic acids is 1. The van der Waals surface area contributed by atoms with Crippen molar-refractivity contribution in [2.45, 2.75) is 0 Å². The van der Waals surface area contributed by atoms with Crippen LogP contribution in [-0.2, 0) is 4.79 Å². The van der Waals surface area contributed by atoms with Gasteiger partial charge in [-0.15, -0.1) is 0 Å². The van der Waals surface area contributed by atoms with Crippen LogP contribution < -0.4 is 29.3 Å². The third kappa shape index (κ3) is 6.66. The number of nitrogens with one attached hydrogen (secondary N) is 3. The Morgan fingerprint density at radius 2 is 1.34 bits per heavy atom. The first kappa shape index (κ1) is 21.0. The van der Waals surface area contributed by atoms with Crippen LogP contribution in [0.1, 0.15) is 0 Å². The second kappa shape index (κ2) is 10.7. The van der Waals surface area contributed by atoms with Crippen molar-refractivity contribution in [3.8, 4) is 17.2 Å². The summed E-state index contributed by atoms with van der Waals surface area (Å²) in [5, 5.41) is 2.96. The topological polar surface area (TPSA) is 65.7 Å². The summed E-state index contributed by atoms with van der Waals surface area (Å²) in [5.74, 6) is 2.53. The van der Waals surface area contributed by atoms with Gasteiger partial charge in [-0.2, -0.15) is 0 Å². The van der Waals surface area contributed by atoms with Gasteiger partial charge in [-0.1, -0.05) is 0 Å². The van der Waals surface area contributed by atoms with E-state index in [-0.39, 0.29) is 5.91 Å². The molecule has 0 saturated carbocycles. The number of benzene rings is 2. The molecule has 0 atom stereocenters. The van der Waals surface area contributed by atoms with E-state index < -0.39 is 0 Å². The number of rotatable bonds is 9. The molecule has 0 spiro atoms. The lowest BCUT2D eigenvalue weighted by molar-refractivity contribution is -1.01. The SMILES string of the molecule is COc1ccc(NC(=O)C[NH+]2CC[NH+](CCOc3ccc(OC)cc3)CC2)cc1. The standard InChI is InChI=1S/C22H29N3O4/c1-27-19-5-3-18(4-6-19)23-22(26)17-25-13-11-24(12-14-25)15-16-29-21-9-7-20(28-2)8-10-21/h3-10H,11-17H2,1-2H3,(H,23,26)/p+2. The highest BCUT2D eigenvalue weighted by atomic mass is 16.5. The quantitative estimate of drug-likeness (QED) is 0.530. The van der Waals surface area contributed by atoms with Crippen LogP contribution in [0.5, 0.6) is 17.2 Å². The van der Waals surface area contributed by atoms with E-state index in [0.717, 1.165) is 55.7 Å². The third-order valence-corrected chi connectivity index (χ3v) is 5.23. The maximum atomic E-state index is 12.3. The molecule has 0 bridgehead atoms. The van der Waals surface area contributed by atoms with Gasteiger partial charge in [0.25, 0.3) is 5.91 Å². The lowest BCUT2D eigenvalue weighted by Gasteiger charge is -2.29. The average molecular weight is 402 g/mol. The second-order valence-electron chi connectivity index (χ2n) is 7.23. The highest BCUT2D eigenvalue weighted by molar-refractivity contribution is 5.91. The Balaban J connectivity index is 1.32. The zero-order chi connectivity index (χ0) is 20.5. The summed E-state index contributed by atoms with van der Waals surface area (Å²) < 4.78 is 16.1. The summed E-state index contributed by atoms with van der Waals surface area (Å²) in [4.78, 5) is 15.1. The molecule has 0 radical (unpaired) electrons. The van der Waals surface area contributed by atoms with Crippen LogP contribution in [-0.4, -0.2) is 66.0 Å². The van der Waals surface area contributed by atoms with E-state index >= 15 is 0 Å². The maximum absolute atomic E-state index is 12.3. The van der Waals surface area contributed by atoms with Crippen LogP contribution in [0.2, 0.25) is 0 Å². The first-order chi connectivity index (χ1) is 14.2. The molecule has 1 fully saturated rings. The van der Waals surface area contributed by atoms with Gasteiger partial charge in [0.1, 0.15) is 56.6 Å². The van der Waals surface area contributed by atoms with Gasteiger partial charge in [-0.05, 0) is 48.5 Å². The zero-order valence-corrected chi connectivity index (χ0v) is 17.2. The van der Waals surface area contributed by atoms with Gasteiger partial charge in [0, 0.05) is 5.69 Å². The Bertz CT molecular complexity index is 757. The number of quaternary nitrogens is 2. The first-order valence-corrected chi connectivity index (χ1v) is 10.0. The first-order valence-electron chi connectivity index (χ1n) is 10.0. The van der Waals surface area contributed by atoms with Crippen molar-refractivity contribution in [1.82, 2.24) is 0 Å². The predicted molar refractivity (Wildman–Crippen MR) is 111 cm³/mol. The molecule has 0 unspecified atom stereocenters. The normalized spacial score (nSPS) is 18.7. The number of methoxy groups -OCH3 is 2. The van der Waals surface area contributed by atoms with Crippen molar-refractivity contribution in [3.63, 3.8) is 0 Å². The van der Waals surface area contributed by atoms with E-state index in [9.17, 15) is 4.79 Å². The molecule has 2 aromatic carbocycles. The number of amides is 1. The van der Waals surface area contributed by atoms with Crippen molar-refractivity contribution in [1.29, 1.82) is 0 Å². The van der Waals surface area contributed by atoms with Crippen LogP contribution in [0.25, 0.3) is 0 Å². The van der Waals surface area contributed by atoms with Gasteiger partial charge in [0.15, 0.2) is 6.54 Å². The number of carbonyl (C=O) groups is 1. The Morgan fingerprint density at radius 1 is 0.828 bits per heavy atom. The molecule has 3 rings (SSSR count). The number of anilines is 1. The highest BCUT2D eigenvalue weighted by Gasteiger charge is 2.24. The average Bonchev–Trinajstić information content (AvgIpc) is 2.76. The number of hydrogen-bond acceptors (Lipinski definition) is 4. The van der Waals surface area contributed by atoms with Crippen molar-refractivity contribution in [2.75, 3.05) is 65.4 Å². The zero-order valence-electron chi connectivity index (χ0n) is 17.2. The molecule has 7 nitrogen and oxygen atoms in total. The minimum atomic E-state index is 0.0523. The minimum Gasteiger partial charge on any atom is -0.497 e. The van der Waals surface area contributed by atoms with Gasteiger partial charge >= 0.3 is 0 Å². The van der Waals surface area contributed by atoms with Crippen LogP contribution in [0.4, 0.5) is 5.69 Å². The Hall–Kier alpha value is -2.77. The van der Waals surface area contributed by atoms with E-state index in [1.807, 2.05) is 48.5 Å². The molecule has 0 aliphatic carbocycles. The molecule has 1 heterocycles. The molecule has 0 aromatic heterocycles. The lowest BCUT2D eigenvalue weighted by Crippen LogP contribution is -3.28. The maximum Gasteiger partial charge on any atom is 0.279 e. The Labute approximate surface area is 172 Å². The van der Waals surface area contributed by atoms with Gasteiger partial charge in [-0.25, -0.2) is 0 Å². The summed E-state index contributed by atoms with van der Waals surface area (Å²) in [7, 11) is 3.29. The molecule has 29 heavy (non-hydrogen) atoms. The van der Waals surface area contributed by atoms with Crippen LogP contribution in [0, 0.1) is 0 Å². The smallest absolute Gasteiger partial charge is 0.279 e. The second-order valence-corrected chi connectivity index (χ2v) is 7.23. The van der Waals surface area contributed by atoms with E-state index in [4.69, 9.17) is 14.2 Å². The van der Waals surface area contributed by atoms with Crippen molar-refractivity contribution in [2.24, 2.45) is 0 Å². The van der Waals surface area contributed by atoms with Gasteiger partial charge in [0.05, 0.1) is 14.2 Å². The predicted octanol–water partition coefficient (Wildman–Crippen LogP) is -0.495. The summed E-state index contributed by atoms with van der Waals surface area (Å²) in [6, 6.07) is 15.1. The molecular formula is C22H31N3O4+2. The molecule has 1 aliphatic rings. The fourth-order valence-corrected chi connectivity index (χ4v) is 3.48. The van der Waals surface area contributed by atoms with Crippen LogP contribution in [0.3, 0.4) is 0 Å². The number of ether oxygens (including phenoxy) is 3. The molecular weight excluding hydrogens is 370 g/mol. The molecule has 1 aliphatic heterocycles. The fraction of sp³-hybridized carbons (Fsp3) is 0.409. The van der Waals surface area contributed by atoms with Crippen molar-refractivity contribution in [3.05, 3.63) is 48.5 Å². The summed E-state index contributed by atoms with van der Waals surface area (Å²) in [6.07, 6.45) is 0. The molecule has 3 N–H and O–H groups in total. The molecule has 1 saturated heterocycles. The van der Waals surface area contributed by atoms with E-state index in [1.165, 1.54) is 9.80 Å². The monoisotopic (exact) mass is 401 g/mol. The Kier molecular flexibility index (Phi) is 7.72. The van der Waals surface area contributed by atoms with Gasteiger partial charge in [-0.3, -0.25) is 4.79 Å². The van der Waals surface area contributed by atoms with E-state index in [0.29, 0.717) is 13.2 Å². The number of hydrogen-bond donors (Lipinski definition) is 3. The molecule has 156 valence electrons. The van der Waals surface area contributed by atoms with E-state index in [1.54, 1.807) is 14.2 Å². The third-order valence-electron chi connectivity index (χ3n) is 5.23. The molecule has 2 aromatic rings.